The summed E-state index contributed by atoms with van der Waals surface area (Å²) in [6, 6.07) is 19.5. The highest BCUT2D eigenvalue weighted by Gasteiger charge is 2.21. The molecule has 0 unspecified atom stereocenters. The number of benzene rings is 3. The molecule has 0 aliphatic heterocycles. The van der Waals surface area contributed by atoms with Gasteiger partial charge in [0.15, 0.2) is 28.8 Å². The fourth-order valence-corrected chi connectivity index (χ4v) is 4.92. The monoisotopic (exact) mass is 560 g/mol. The van der Waals surface area contributed by atoms with Crippen LogP contribution in [0, 0.1) is 6.92 Å². The van der Waals surface area contributed by atoms with Gasteiger partial charge in [0.1, 0.15) is 5.76 Å². The molecule has 5 aromatic rings. The maximum absolute atomic E-state index is 13.5. The van der Waals surface area contributed by atoms with Crippen molar-refractivity contribution in [3.63, 3.8) is 0 Å². The predicted octanol–water partition coefficient (Wildman–Crippen LogP) is 4.74. The van der Waals surface area contributed by atoms with Crippen molar-refractivity contribution >= 4 is 50.0 Å². The van der Waals surface area contributed by atoms with Gasteiger partial charge in [-0.2, -0.15) is 0 Å². The Labute approximate surface area is 229 Å². The Morgan fingerprint density at radius 3 is 2.27 bits per heavy atom. The molecule has 3 aromatic carbocycles. The number of nitrogens with one attached hydrogen (secondary N) is 3. The van der Waals surface area contributed by atoms with Crippen LogP contribution in [0.5, 0.6) is 11.5 Å². The van der Waals surface area contributed by atoms with Gasteiger partial charge in [-0.15, -0.1) is 0 Å². The number of hydrogen-bond acceptors (Lipinski definition) is 10. The molecular weight excluding hydrogens is 536 g/mol. The van der Waals surface area contributed by atoms with E-state index in [0.29, 0.717) is 34.0 Å². The Morgan fingerprint density at radius 1 is 0.875 bits per heavy atom. The Morgan fingerprint density at radius 2 is 1.60 bits per heavy atom. The molecule has 12 nitrogen and oxygen atoms in total. The van der Waals surface area contributed by atoms with Crippen molar-refractivity contribution in [2.24, 2.45) is 0 Å². The topological polar surface area (TPSA) is 158 Å². The Balaban J connectivity index is 1.49. The first kappa shape index (κ1) is 26.4. The molecule has 0 atom stereocenters. The third-order valence-corrected chi connectivity index (χ3v) is 7.06. The molecule has 0 fully saturated rings. The van der Waals surface area contributed by atoms with Gasteiger partial charge in [0, 0.05) is 11.8 Å². The fraction of sp³-hybridized carbons (Fsp3) is 0.111. The van der Waals surface area contributed by atoms with Crippen LogP contribution in [0.15, 0.2) is 82.2 Å². The molecule has 0 bridgehead atoms. The number of rotatable bonds is 9. The van der Waals surface area contributed by atoms with Crippen LogP contribution < -0.4 is 24.8 Å². The number of carbonyl (C=O) groups is 1. The Hall–Kier alpha value is -5.17. The SMILES string of the molecule is COc1cccc(Nc2nc3ccccc3nc2NS(=O)(=O)c2cccc(NC(=O)c3cc(C)on3)c2)c1OC. The summed E-state index contributed by atoms with van der Waals surface area (Å²) in [6.07, 6.45) is 0. The lowest BCUT2D eigenvalue weighted by atomic mass is 10.2. The average molecular weight is 561 g/mol. The number of aryl methyl sites for hydroxylation is 1. The number of aromatic nitrogens is 3. The van der Waals surface area contributed by atoms with Gasteiger partial charge in [-0.05, 0) is 49.4 Å². The van der Waals surface area contributed by atoms with Crippen molar-refractivity contribution in [1.82, 2.24) is 15.1 Å². The summed E-state index contributed by atoms with van der Waals surface area (Å²) in [6.45, 7) is 1.66. The number of anilines is 4. The molecule has 0 spiro atoms. The Kier molecular flexibility index (Phi) is 7.21. The second kappa shape index (κ2) is 10.9. The highest BCUT2D eigenvalue weighted by molar-refractivity contribution is 7.92. The summed E-state index contributed by atoms with van der Waals surface area (Å²) in [5.41, 5.74) is 1.83. The van der Waals surface area contributed by atoms with Gasteiger partial charge in [-0.3, -0.25) is 9.52 Å². The van der Waals surface area contributed by atoms with E-state index in [1.54, 1.807) is 55.5 Å². The summed E-state index contributed by atoms with van der Waals surface area (Å²) in [4.78, 5) is 21.5. The fourth-order valence-electron chi connectivity index (χ4n) is 3.87. The van der Waals surface area contributed by atoms with E-state index in [9.17, 15) is 13.2 Å². The van der Waals surface area contributed by atoms with Gasteiger partial charge in [0.2, 0.25) is 0 Å². The van der Waals surface area contributed by atoms with E-state index in [1.165, 1.54) is 38.5 Å². The summed E-state index contributed by atoms with van der Waals surface area (Å²) >= 11 is 0. The summed E-state index contributed by atoms with van der Waals surface area (Å²) in [5.74, 6) is 0.898. The van der Waals surface area contributed by atoms with Crippen LogP contribution in [0.1, 0.15) is 16.2 Å². The minimum Gasteiger partial charge on any atom is -0.493 e. The lowest BCUT2D eigenvalue weighted by molar-refractivity contribution is 0.101. The van der Waals surface area contributed by atoms with Gasteiger partial charge in [-0.1, -0.05) is 29.4 Å². The maximum atomic E-state index is 13.5. The normalized spacial score (nSPS) is 11.2. The number of carbonyl (C=O) groups excluding carboxylic acids is 1. The molecule has 13 heteroatoms. The van der Waals surface area contributed by atoms with Crippen LogP contribution in [0.4, 0.5) is 23.0 Å². The predicted molar refractivity (Wildman–Crippen MR) is 149 cm³/mol. The zero-order valence-electron chi connectivity index (χ0n) is 21.6. The average Bonchev–Trinajstić information content (AvgIpc) is 3.39. The summed E-state index contributed by atoms with van der Waals surface area (Å²) in [7, 11) is -1.17. The maximum Gasteiger partial charge on any atom is 0.277 e. The standard InChI is InChI=1S/C27H24N6O6S/c1-16-14-22(32-39-16)27(34)28-17-8-6-9-18(15-17)40(35,36)33-26-25(29-19-10-4-5-11-20(19)30-26)31-21-12-7-13-23(37-2)24(21)38-3/h4-15H,1-3H3,(H,28,34)(H,29,31)(H,30,33). The molecule has 2 heterocycles. The molecule has 2 aromatic heterocycles. The van der Waals surface area contributed by atoms with Crippen molar-refractivity contribution in [3.05, 3.63) is 84.3 Å². The second-order valence-corrected chi connectivity index (χ2v) is 10.2. The van der Waals surface area contributed by atoms with E-state index < -0.39 is 15.9 Å². The van der Waals surface area contributed by atoms with Gasteiger partial charge in [0.25, 0.3) is 15.9 Å². The van der Waals surface area contributed by atoms with Gasteiger partial charge in [0.05, 0.1) is 35.8 Å². The third-order valence-electron chi connectivity index (χ3n) is 5.72. The molecule has 0 aliphatic rings. The molecule has 3 N–H and O–H groups in total. The molecule has 0 saturated heterocycles. The van der Waals surface area contributed by atoms with E-state index in [2.05, 4.69) is 30.5 Å². The van der Waals surface area contributed by atoms with E-state index in [4.69, 9.17) is 14.0 Å². The quantitative estimate of drug-likeness (QED) is 0.230. The first-order chi connectivity index (χ1) is 19.3. The molecule has 1 amide bonds. The summed E-state index contributed by atoms with van der Waals surface area (Å²) < 4.78 is 45.3. The first-order valence-corrected chi connectivity index (χ1v) is 13.4. The molecule has 0 radical (unpaired) electrons. The van der Waals surface area contributed by atoms with Crippen molar-refractivity contribution in [2.75, 3.05) is 29.6 Å². The number of nitrogens with zero attached hydrogens (tertiary/aromatic N) is 3. The smallest absolute Gasteiger partial charge is 0.277 e. The number of hydrogen-bond donors (Lipinski definition) is 3. The zero-order chi connectivity index (χ0) is 28.3. The number of amides is 1. The van der Waals surface area contributed by atoms with Crippen LogP contribution in [0.3, 0.4) is 0 Å². The van der Waals surface area contributed by atoms with Crippen molar-refractivity contribution in [1.29, 1.82) is 0 Å². The van der Waals surface area contributed by atoms with Crippen molar-refractivity contribution in [2.45, 2.75) is 11.8 Å². The van der Waals surface area contributed by atoms with Crippen LogP contribution in [-0.4, -0.2) is 43.7 Å². The number of sulfonamides is 1. The molecule has 204 valence electrons. The van der Waals surface area contributed by atoms with Crippen LogP contribution in [-0.2, 0) is 10.0 Å². The largest absolute Gasteiger partial charge is 0.493 e. The Bertz CT molecular complexity index is 1820. The van der Waals surface area contributed by atoms with E-state index in [1.807, 2.05) is 0 Å². The van der Waals surface area contributed by atoms with Gasteiger partial charge >= 0.3 is 0 Å². The zero-order valence-corrected chi connectivity index (χ0v) is 22.4. The molecule has 0 saturated carbocycles. The van der Waals surface area contributed by atoms with Crippen LogP contribution in [0.2, 0.25) is 0 Å². The van der Waals surface area contributed by atoms with Crippen molar-refractivity contribution in [3.8, 4) is 11.5 Å². The summed E-state index contributed by atoms with van der Waals surface area (Å²) in [5, 5.41) is 9.41. The van der Waals surface area contributed by atoms with Crippen molar-refractivity contribution < 1.29 is 27.2 Å². The second-order valence-electron chi connectivity index (χ2n) is 8.49. The minimum absolute atomic E-state index is 0.0453. The van der Waals surface area contributed by atoms with E-state index in [-0.39, 0.29) is 27.9 Å². The van der Waals surface area contributed by atoms with E-state index in [0.717, 1.165) is 0 Å². The van der Waals surface area contributed by atoms with Gasteiger partial charge in [-0.25, -0.2) is 18.4 Å². The minimum atomic E-state index is -4.18. The van der Waals surface area contributed by atoms with Gasteiger partial charge < -0.3 is 24.6 Å². The lowest BCUT2D eigenvalue weighted by Crippen LogP contribution is -2.17. The highest BCUT2D eigenvalue weighted by Crippen LogP contribution is 2.38. The molecule has 0 aliphatic carbocycles. The lowest BCUT2D eigenvalue weighted by Gasteiger charge is -2.17. The number of fused-ring (bicyclic) bond motifs is 1. The van der Waals surface area contributed by atoms with E-state index >= 15 is 0 Å². The van der Waals surface area contributed by atoms with Crippen LogP contribution in [0.25, 0.3) is 11.0 Å². The molecule has 5 rings (SSSR count). The number of ether oxygens (including phenoxy) is 2. The highest BCUT2D eigenvalue weighted by atomic mass is 32.2. The van der Waals surface area contributed by atoms with Crippen LogP contribution >= 0.6 is 0 Å². The molecule has 40 heavy (non-hydrogen) atoms. The third kappa shape index (κ3) is 5.49. The number of methoxy groups -OCH3 is 2. The molecular formula is C27H24N6O6S. The number of para-hydroxylation sites is 3. The first-order valence-electron chi connectivity index (χ1n) is 11.9.